The monoisotopic (exact) mass is 698 g/mol. The molecule has 0 atom stereocenters. The van der Waals surface area contributed by atoms with Crippen LogP contribution in [0.3, 0.4) is 0 Å². The zero-order valence-corrected chi connectivity index (χ0v) is 25.3. The zero-order valence-electron chi connectivity index (χ0n) is 22.8. The van der Waals surface area contributed by atoms with Crippen LogP contribution in [0.15, 0.2) is 49.1 Å². The number of rotatable bonds is 4. The summed E-state index contributed by atoms with van der Waals surface area (Å²) in [5, 5.41) is 40.8. The van der Waals surface area contributed by atoms with Gasteiger partial charge in [-0.25, -0.2) is 0 Å². The Morgan fingerprint density at radius 3 is 0.644 bits per heavy atom. The number of carbonyl (C=O) groups excluding carboxylic acids is 4. The minimum Gasteiger partial charge on any atom is -0.543 e. The maximum atomic E-state index is 10.2. The van der Waals surface area contributed by atoms with E-state index in [1.54, 1.807) is 0 Å². The van der Waals surface area contributed by atoms with Gasteiger partial charge in [-0.1, -0.05) is 0 Å². The Balaban J connectivity index is 0.000000569. The van der Waals surface area contributed by atoms with Crippen molar-refractivity contribution in [1.29, 1.82) is 0 Å². The second-order valence-electron chi connectivity index (χ2n) is 7.94. The summed E-state index contributed by atoms with van der Waals surface area (Å²) in [6.07, 6.45) is 4.72. The maximum absolute atomic E-state index is 10.2. The average molecular weight is 700 g/mol. The van der Waals surface area contributed by atoms with Gasteiger partial charge in [0.2, 0.25) is 0 Å². The first-order valence-electron chi connectivity index (χ1n) is 11.3. The molecule has 0 bridgehead atoms. The molecule has 4 aromatic heterocycles. The third-order valence-electron chi connectivity index (χ3n) is 4.71. The van der Waals surface area contributed by atoms with E-state index in [0.717, 1.165) is 24.3 Å². The van der Waals surface area contributed by atoms with Crippen LogP contribution < -0.4 is 66.3 Å². The molecular weight excluding hydrogens is 676 g/mol. The number of aromatic carboxylic acids is 4. The van der Waals surface area contributed by atoms with Gasteiger partial charge in [-0.3, -0.25) is 19.9 Å². The minimum atomic E-state index is -1.36. The van der Waals surface area contributed by atoms with E-state index in [2.05, 4.69) is 19.9 Å². The number of aromatic nitrogens is 4. The second-order valence-corrected chi connectivity index (χ2v) is 7.94. The Morgan fingerprint density at radius 2 is 0.533 bits per heavy atom. The molecule has 0 fully saturated rings. The molecule has 0 amide bonds. The molecule has 232 valence electrons. The molecule has 0 saturated carbocycles. The Labute approximate surface area is 272 Å². The number of hydrogen-bond donors (Lipinski definition) is 8. The summed E-state index contributed by atoms with van der Waals surface area (Å²) in [5.41, 5.74) is 43.3. The van der Waals surface area contributed by atoms with Gasteiger partial charge in [0.05, 0.1) is 117 Å². The fourth-order valence-electron chi connectivity index (χ4n) is 2.37. The Hall–Kier alpha value is -6.24. The summed E-state index contributed by atoms with van der Waals surface area (Å²) in [6.45, 7) is 0. The summed E-state index contributed by atoms with van der Waals surface area (Å²) >= 11 is 0. The average Bonchev–Trinajstić information content (AvgIpc) is 2.95. The van der Waals surface area contributed by atoms with Crippen molar-refractivity contribution in [2.45, 2.75) is 0 Å². The number of anilines is 8. The van der Waals surface area contributed by atoms with E-state index in [4.69, 9.17) is 45.9 Å². The number of nitrogen functional groups attached to an aromatic ring is 8. The third kappa shape index (κ3) is 12.7. The van der Waals surface area contributed by atoms with Crippen LogP contribution in [0, 0.1) is 0 Å². The van der Waals surface area contributed by atoms with E-state index in [1.165, 1.54) is 24.8 Å². The molecule has 4 rings (SSSR count). The molecule has 0 aliphatic heterocycles. The van der Waals surface area contributed by atoms with Gasteiger partial charge < -0.3 is 85.5 Å². The van der Waals surface area contributed by atoms with Crippen LogP contribution in [0.1, 0.15) is 42.0 Å². The molecule has 0 aliphatic rings. The number of carbonyl (C=O) groups is 4. The van der Waals surface area contributed by atoms with Crippen LogP contribution in [0.2, 0.25) is 0 Å². The normalized spacial score (nSPS) is 9.24. The zero-order chi connectivity index (χ0) is 33.7. The minimum absolute atomic E-state index is 0. The summed E-state index contributed by atoms with van der Waals surface area (Å²) in [7, 11) is 0. The van der Waals surface area contributed by atoms with Gasteiger partial charge in [-0.2, -0.15) is 0 Å². The first kappa shape index (κ1) is 38.8. The Morgan fingerprint density at radius 1 is 0.378 bits per heavy atom. The van der Waals surface area contributed by atoms with Gasteiger partial charge in [-0.05, 0) is 24.3 Å². The second kappa shape index (κ2) is 17.7. The van der Waals surface area contributed by atoms with Crippen LogP contribution in [0.4, 0.5) is 45.5 Å². The molecule has 4 heterocycles. The number of carboxylic acids is 4. The molecular formula is C24H24N12O8Zr. The first-order chi connectivity index (χ1) is 20.4. The van der Waals surface area contributed by atoms with Crippen molar-refractivity contribution in [2.24, 2.45) is 0 Å². The van der Waals surface area contributed by atoms with Crippen molar-refractivity contribution in [3.8, 4) is 0 Å². The molecule has 0 saturated heterocycles. The summed E-state index contributed by atoms with van der Waals surface area (Å²) in [4.78, 5) is 54.7. The van der Waals surface area contributed by atoms with E-state index >= 15 is 0 Å². The van der Waals surface area contributed by atoms with Crippen LogP contribution >= 0.6 is 0 Å². The summed E-state index contributed by atoms with van der Waals surface area (Å²) < 4.78 is 0. The molecule has 21 heteroatoms. The maximum Gasteiger partial charge on any atom is 4.00 e. The molecule has 0 radical (unpaired) electrons. The van der Waals surface area contributed by atoms with Gasteiger partial charge in [0, 0.05) is 0 Å². The molecule has 45 heavy (non-hydrogen) atoms. The number of nitrogens with two attached hydrogens (primary N) is 8. The van der Waals surface area contributed by atoms with E-state index < -0.39 is 23.9 Å². The fraction of sp³-hybridized carbons (Fsp3) is 0. The SMILES string of the molecule is Nc1cnc(C(=O)[O-])cc1N.Nc1cnc(C(=O)[O-])cc1N.Nc1cnc(C(=O)[O-])cc1N.Nc1cnc(C(=O)[O-])cc1N.[Zr+4]. The van der Waals surface area contributed by atoms with Crippen molar-refractivity contribution in [3.05, 3.63) is 71.8 Å². The molecule has 0 aliphatic carbocycles. The van der Waals surface area contributed by atoms with Gasteiger partial charge in [0.25, 0.3) is 0 Å². The van der Waals surface area contributed by atoms with E-state index in [-0.39, 0.29) is 94.5 Å². The number of hydrogen-bond acceptors (Lipinski definition) is 20. The summed E-state index contributed by atoms with van der Waals surface area (Å²) in [6, 6.07) is 4.63. The van der Waals surface area contributed by atoms with Crippen molar-refractivity contribution in [2.75, 3.05) is 45.9 Å². The number of carboxylic acid groups (broad SMARTS) is 4. The van der Waals surface area contributed by atoms with Crippen LogP contribution in [-0.4, -0.2) is 43.8 Å². The van der Waals surface area contributed by atoms with Gasteiger partial charge in [0.1, 0.15) is 0 Å². The number of pyridine rings is 4. The number of nitrogens with zero attached hydrogens (tertiary/aromatic N) is 4. The van der Waals surface area contributed by atoms with Crippen LogP contribution in [-0.2, 0) is 26.2 Å². The smallest absolute Gasteiger partial charge is 0.543 e. The predicted octanol–water partition coefficient (Wildman–Crippen LogP) is -5.56. The molecule has 0 unspecified atom stereocenters. The molecule has 16 N–H and O–H groups in total. The van der Waals surface area contributed by atoms with Crippen molar-refractivity contribution in [3.63, 3.8) is 0 Å². The largest absolute Gasteiger partial charge is 4.00 e. The van der Waals surface area contributed by atoms with Crippen LogP contribution in [0.25, 0.3) is 0 Å². The van der Waals surface area contributed by atoms with Crippen molar-refractivity contribution in [1.82, 2.24) is 19.9 Å². The molecule has 0 aromatic carbocycles. The molecule has 0 spiro atoms. The van der Waals surface area contributed by atoms with Gasteiger partial charge >= 0.3 is 26.2 Å². The topological polar surface area (TPSA) is 420 Å². The van der Waals surface area contributed by atoms with Crippen LogP contribution in [0.5, 0.6) is 0 Å². The van der Waals surface area contributed by atoms with E-state index in [9.17, 15) is 39.6 Å². The Bertz CT molecular complexity index is 1440. The van der Waals surface area contributed by atoms with E-state index in [0.29, 0.717) is 0 Å². The predicted molar refractivity (Wildman–Crippen MR) is 150 cm³/mol. The first-order valence-corrected chi connectivity index (χ1v) is 11.3. The van der Waals surface area contributed by atoms with Crippen molar-refractivity contribution < 1.29 is 65.8 Å². The summed E-state index contributed by atoms with van der Waals surface area (Å²) in [5.74, 6) is -5.46. The quantitative estimate of drug-likeness (QED) is 0.0983. The van der Waals surface area contributed by atoms with E-state index in [1.807, 2.05) is 0 Å². The standard InChI is InChI=1S/4C6H7N3O2.Zr/c4*7-3-1-5(6(10)11)9-2-4(3)8;/h4*1-2H,8H2,(H2,7,9)(H,10,11);/q;;;;+4/p-4. The van der Waals surface area contributed by atoms with Crippen molar-refractivity contribution >= 4 is 69.4 Å². The molecule has 4 aromatic rings. The fourth-order valence-corrected chi connectivity index (χ4v) is 2.37. The third-order valence-corrected chi connectivity index (χ3v) is 4.71. The van der Waals surface area contributed by atoms with Gasteiger partial charge in [0.15, 0.2) is 0 Å². The molecule has 20 nitrogen and oxygen atoms in total. The Kier molecular flexibility index (Phi) is 15.2. The van der Waals surface area contributed by atoms with Gasteiger partial charge in [-0.15, -0.1) is 0 Å².